The van der Waals surface area contributed by atoms with Crippen molar-refractivity contribution in [1.29, 1.82) is 0 Å². The van der Waals surface area contributed by atoms with Crippen molar-refractivity contribution >= 4 is 17.6 Å². The van der Waals surface area contributed by atoms with E-state index in [9.17, 15) is 9.59 Å². The van der Waals surface area contributed by atoms with Crippen molar-refractivity contribution in [2.45, 2.75) is 18.8 Å². The number of carbonyl (C=O) groups excluding carboxylic acids is 2. The number of carbonyl (C=O) groups is 2. The van der Waals surface area contributed by atoms with Crippen LogP contribution in [0.15, 0.2) is 24.3 Å². The molecule has 3 rings (SSSR count). The average molecular weight is 231 g/mol. The molecule has 0 bridgehead atoms. The fourth-order valence-electron chi connectivity index (χ4n) is 2.68. The van der Waals surface area contributed by atoms with Crippen molar-refractivity contribution in [3.05, 3.63) is 29.8 Å². The van der Waals surface area contributed by atoms with Crippen LogP contribution < -0.4 is 5.32 Å². The van der Waals surface area contributed by atoms with Crippen LogP contribution in [0.5, 0.6) is 0 Å². The molecule has 88 valence electrons. The molecule has 1 spiro atoms. The van der Waals surface area contributed by atoms with E-state index in [2.05, 4.69) is 5.32 Å². The second-order valence-corrected chi connectivity index (χ2v) is 4.48. The molecule has 4 nitrogen and oxygen atoms in total. The van der Waals surface area contributed by atoms with Crippen LogP contribution in [0.1, 0.15) is 18.9 Å². The van der Waals surface area contributed by atoms with Crippen LogP contribution in [-0.2, 0) is 19.7 Å². The zero-order valence-electron chi connectivity index (χ0n) is 9.53. The molecule has 2 atom stereocenters. The van der Waals surface area contributed by atoms with Gasteiger partial charge in [0.05, 0.1) is 17.9 Å². The Kier molecular flexibility index (Phi) is 2.02. The Bertz CT molecular complexity index is 511. The molecule has 1 amide bonds. The highest BCUT2D eigenvalue weighted by atomic mass is 16.5. The predicted octanol–water partition coefficient (Wildman–Crippen LogP) is 1.46. The number of ether oxygens (including phenoxy) is 1. The second-order valence-electron chi connectivity index (χ2n) is 4.48. The minimum Gasteiger partial charge on any atom is -0.466 e. The number of amides is 1. The van der Waals surface area contributed by atoms with Gasteiger partial charge in [0.1, 0.15) is 0 Å². The summed E-state index contributed by atoms with van der Waals surface area (Å²) >= 11 is 0. The summed E-state index contributed by atoms with van der Waals surface area (Å²) in [6, 6.07) is 7.54. The third-order valence-electron chi connectivity index (χ3n) is 3.59. The predicted molar refractivity (Wildman–Crippen MR) is 61.5 cm³/mol. The van der Waals surface area contributed by atoms with Crippen LogP contribution >= 0.6 is 0 Å². The van der Waals surface area contributed by atoms with Crippen molar-refractivity contribution in [3.8, 4) is 0 Å². The monoisotopic (exact) mass is 231 g/mol. The average Bonchev–Trinajstić information content (AvgIpc) is 3.00. The van der Waals surface area contributed by atoms with E-state index in [1.54, 1.807) is 6.92 Å². The molecule has 0 aromatic heterocycles. The molecule has 4 heteroatoms. The minimum atomic E-state index is -0.650. The summed E-state index contributed by atoms with van der Waals surface area (Å²) in [7, 11) is 0. The molecule has 1 aliphatic carbocycles. The highest BCUT2D eigenvalue weighted by Crippen LogP contribution is 2.60. The molecule has 1 saturated carbocycles. The third kappa shape index (κ3) is 1.24. The molecule has 2 aliphatic rings. The summed E-state index contributed by atoms with van der Waals surface area (Å²) in [5.74, 6) is -0.651. The number of hydrogen-bond acceptors (Lipinski definition) is 3. The number of nitrogens with one attached hydrogen (secondary N) is 1. The lowest BCUT2D eigenvalue weighted by molar-refractivity contribution is -0.146. The Morgan fingerprint density at radius 3 is 3.06 bits per heavy atom. The summed E-state index contributed by atoms with van der Waals surface area (Å²) in [5.41, 5.74) is 1.11. The van der Waals surface area contributed by atoms with Crippen LogP contribution in [-0.4, -0.2) is 18.5 Å². The maximum absolute atomic E-state index is 12.0. The number of hydrogen-bond donors (Lipinski definition) is 1. The minimum absolute atomic E-state index is 0.0725. The molecular formula is C13H13NO3. The molecule has 1 aromatic carbocycles. The van der Waals surface area contributed by atoms with Gasteiger partial charge in [-0.2, -0.15) is 0 Å². The van der Waals surface area contributed by atoms with Crippen LogP contribution in [0.25, 0.3) is 0 Å². The lowest BCUT2D eigenvalue weighted by Crippen LogP contribution is -2.25. The molecule has 0 saturated heterocycles. The molecule has 1 aliphatic heterocycles. The molecule has 1 heterocycles. The van der Waals surface area contributed by atoms with E-state index in [0.717, 1.165) is 11.3 Å². The summed E-state index contributed by atoms with van der Waals surface area (Å²) in [4.78, 5) is 23.7. The van der Waals surface area contributed by atoms with Gasteiger partial charge in [0.2, 0.25) is 5.91 Å². The third-order valence-corrected chi connectivity index (χ3v) is 3.59. The number of para-hydroxylation sites is 1. The topological polar surface area (TPSA) is 55.4 Å². The second kappa shape index (κ2) is 3.32. The molecule has 0 unspecified atom stereocenters. The summed E-state index contributed by atoms with van der Waals surface area (Å²) in [6.45, 7) is 2.13. The van der Waals surface area contributed by atoms with E-state index in [1.165, 1.54) is 0 Å². The molecule has 17 heavy (non-hydrogen) atoms. The van der Waals surface area contributed by atoms with Crippen LogP contribution in [0.4, 0.5) is 5.69 Å². The van der Waals surface area contributed by atoms with E-state index >= 15 is 0 Å². The number of rotatable bonds is 2. The van der Waals surface area contributed by atoms with Gasteiger partial charge in [-0.15, -0.1) is 0 Å². The number of fused-ring (bicyclic) bond motifs is 2. The van der Waals surface area contributed by atoms with E-state index in [1.807, 2.05) is 24.3 Å². The van der Waals surface area contributed by atoms with Crippen LogP contribution in [0.3, 0.4) is 0 Å². The largest absolute Gasteiger partial charge is 0.466 e. The zero-order chi connectivity index (χ0) is 12.0. The Balaban J connectivity index is 1.96. The molecule has 0 radical (unpaired) electrons. The van der Waals surface area contributed by atoms with Crippen LogP contribution in [0.2, 0.25) is 0 Å². The standard InChI is InChI=1S/C13H13NO3/c1-2-17-11(15)9-7-13(9)8-5-3-4-6-10(8)14-12(13)16/h3-6,9H,2,7H2,1H3,(H,14,16)/t9-,13+/m1/s1. The SMILES string of the molecule is CCOC(=O)[C@H]1C[C@@]12C(=O)Nc1ccccc12. The van der Waals surface area contributed by atoms with Gasteiger partial charge >= 0.3 is 5.97 Å². The maximum Gasteiger partial charge on any atom is 0.310 e. The quantitative estimate of drug-likeness (QED) is 0.784. The first-order valence-electron chi connectivity index (χ1n) is 5.77. The first kappa shape index (κ1) is 10.3. The highest BCUT2D eigenvalue weighted by Gasteiger charge is 2.68. The lowest BCUT2D eigenvalue weighted by Gasteiger charge is -2.07. The summed E-state index contributed by atoms with van der Waals surface area (Å²) < 4.78 is 5.00. The lowest BCUT2D eigenvalue weighted by atomic mass is 9.95. The highest BCUT2D eigenvalue weighted by molar-refractivity contribution is 6.12. The summed E-state index contributed by atoms with van der Waals surface area (Å²) in [5, 5.41) is 2.83. The smallest absolute Gasteiger partial charge is 0.310 e. The van der Waals surface area contributed by atoms with Crippen molar-refractivity contribution in [2.24, 2.45) is 5.92 Å². The number of esters is 1. The van der Waals surface area contributed by atoms with Gasteiger partial charge in [0.25, 0.3) is 0 Å². The van der Waals surface area contributed by atoms with E-state index in [-0.39, 0.29) is 17.8 Å². The van der Waals surface area contributed by atoms with Gasteiger partial charge in [0, 0.05) is 5.69 Å². The van der Waals surface area contributed by atoms with Gasteiger partial charge in [-0.3, -0.25) is 9.59 Å². The van der Waals surface area contributed by atoms with Gasteiger partial charge in [0.15, 0.2) is 0 Å². The molecular weight excluding hydrogens is 218 g/mol. The molecule has 1 N–H and O–H groups in total. The fraction of sp³-hybridized carbons (Fsp3) is 0.385. The van der Waals surface area contributed by atoms with E-state index < -0.39 is 5.41 Å². The maximum atomic E-state index is 12.0. The van der Waals surface area contributed by atoms with E-state index in [4.69, 9.17) is 4.74 Å². The Morgan fingerprint density at radius 1 is 1.53 bits per heavy atom. The van der Waals surface area contributed by atoms with Gasteiger partial charge in [-0.1, -0.05) is 18.2 Å². The van der Waals surface area contributed by atoms with Crippen molar-refractivity contribution in [2.75, 3.05) is 11.9 Å². The van der Waals surface area contributed by atoms with Gasteiger partial charge in [-0.25, -0.2) is 0 Å². The molecule has 1 fully saturated rings. The fourth-order valence-corrected chi connectivity index (χ4v) is 2.68. The van der Waals surface area contributed by atoms with Gasteiger partial charge in [-0.05, 0) is 25.0 Å². The number of benzene rings is 1. The normalized spacial score (nSPS) is 28.8. The Morgan fingerprint density at radius 2 is 2.29 bits per heavy atom. The zero-order valence-corrected chi connectivity index (χ0v) is 9.53. The van der Waals surface area contributed by atoms with Gasteiger partial charge < -0.3 is 10.1 Å². The number of anilines is 1. The summed E-state index contributed by atoms with van der Waals surface area (Å²) in [6.07, 6.45) is 0.564. The molecule has 1 aromatic rings. The van der Waals surface area contributed by atoms with Crippen molar-refractivity contribution in [3.63, 3.8) is 0 Å². The van der Waals surface area contributed by atoms with Crippen LogP contribution in [0, 0.1) is 5.92 Å². The van der Waals surface area contributed by atoms with E-state index in [0.29, 0.717) is 13.0 Å². The Hall–Kier alpha value is -1.84. The Labute approximate surface area is 99.0 Å². The van der Waals surface area contributed by atoms with Crippen molar-refractivity contribution < 1.29 is 14.3 Å². The first-order valence-corrected chi connectivity index (χ1v) is 5.77. The first-order chi connectivity index (χ1) is 8.20. The van der Waals surface area contributed by atoms with Crippen molar-refractivity contribution in [1.82, 2.24) is 0 Å².